The largest absolute Gasteiger partial charge is 0.504 e. The third kappa shape index (κ3) is 7.96. The van der Waals surface area contributed by atoms with Crippen molar-refractivity contribution >= 4 is 29.8 Å². The third-order valence-electron chi connectivity index (χ3n) is 10.1. The first-order chi connectivity index (χ1) is 31.9. The molecule has 7 rings (SSSR count). The monoisotopic (exact) mass is 954 g/mol. The molecular formula is C41H30O27. The van der Waals surface area contributed by atoms with E-state index in [0.717, 1.165) is 0 Å². The van der Waals surface area contributed by atoms with Crippen molar-refractivity contribution in [1.29, 1.82) is 0 Å². The number of hydrogen-bond acceptors (Lipinski definition) is 26. The third-order valence-corrected chi connectivity index (χ3v) is 10.1. The summed E-state index contributed by atoms with van der Waals surface area (Å²) in [6, 6.07) is 3.46. The number of carbonyl (C=O) groups excluding carboxylic acids is 4. The number of aromatic carboxylic acids is 1. The maximum atomic E-state index is 14.6. The highest BCUT2D eigenvalue weighted by atomic mass is 16.7. The number of aliphatic hydroxyl groups excluding tert-OH is 1. The fourth-order valence-corrected chi connectivity index (χ4v) is 6.82. The highest BCUT2D eigenvalue weighted by Gasteiger charge is 2.53. The van der Waals surface area contributed by atoms with E-state index in [1.165, 1.54) is 0 Å². The van der Waals surface area contributed by atoms with Crippen molar-refractivity contribution in [2.75, 3.05) is 6.61 Å². The van der Waals surface area contributed by atoms with Crippen molar-refractivity contribution in [3.8, 4) is 103 Å². The van der Waals surface area contributed by atoms with Crippen LogP contribution in [0.5, 0.6) is 92.0 Å². The standard InChI is InChI=1S/C41H30O27/c42-14-1-9(2-15(43)24(14)48)37(59)67-35-32(56)41(68-38(60)10-3-16(44)25(49)17(45)4-10)65-21-8-63-39(61)11-5-18(46)26(50)29(53)22(11)23-12(40(62)66-34(21)35)7-20(28(52)30(23)54)64-33-13(36(57)58)6-19(47)27(51)31(33)55/h1-7,21,32,34-35,41-56H,8H2,(H,57,58)/t21-,32-,34-,35-,41-/m1/s1. The number of carbonyl (C=O) groups is 5. The van der Waals surface area contributed by atoms with Crippen LogP contribution in [0.2, 0.25) is 0 Å². The number of esters is 4. The smallest absolute Gasteiger partial charge is 0.340 e. The summed E-state index contributed by atoms with van der Waals surface area (Å²) in [5.74, 6) is -28.9. The predicted octanol–water partition coefficient (Wildman–Crippen LogP) is 1.59. The number of aliphatic hydroxyl groups is 1. The zero-order chi connectivity index (χ0) is 50.0. The van der Waals surface area contributed by atoms with Gasteiger partial charge in [0.1, 0.15) is 18.3 Å². The zero-order valence-electron chi connectivity index (χ0n) is 33.3. The van der Waals surface area contributed by atoms with Gasteiger partial charge >= 0.3 is 29.8 Å². The van der Waals surface area contributed by atoms with Crippen molar-refractivity contribution in [2.24, 2.45) is 0 Å². The number of fused-ring (bicyclic) bond motifs is 4. The first-order valence-corrected chi connectivity index (χ1v) is 18.6. The van der Waals surface area contributed by atoms with Gasteiger partial charge in [-0.2, -0.15) is 0 Å². The average molecular weight is 955 g/mol. The second-order valence-corrected chi connectivity index (χ2v) is 14.4. The van der Waals surface area contributed by atoms with Crippen LogP contribution in [0.25, 0.3) is 11.1 Å². The van der Waals surface area contributed by atoms with Crippen molar-refractivity contribution in [2.45, 2.75) is 30.7 Å². The highest BCUT2D eigenvalue weighted by Crippen LogP contribution is 2.55. The molecule has 1 saturated heterocycles. The molecule has 0 unspecified atom stereocenters. The normalized spacial score (nSPS) is 18.9. The first kappa shape index (κ1) is 46.4. The molecule has 27 nitrogen and oxygen atoms in total. The molecule has 0 radical (unpaired) electrons. The molecule has 16 N–H and O–H groups in total. The minimum Gasteiger partial charge on any atom is -0.504 e. The topological polar surface area (TPSA) is 464 Å². The Labute approximate surface area is 374 Å². The molecule has 2 aliphatic rings. The molecule has 356 valence electrons. The number of carboxylic acid groups (broad SMARTS) is 1. The summed E-state index contributed by atoms with van der Waals surface area (Å²) >= 11 is 0. The molecular weight excluding hydrogens is 924 g/mol. The van der Waals surface area contributed by atoms with E-state index in [1.807, 2.05) is 0 Å². The van der Waals surface area contributed by atoms with Crippen LogP contribution in [0.3, 0.4) is 0 Å². The number of aromatic hydroxyl groups is 14. The van der Waals surface area contributed by atoms with Crippen LogP contribution >= 0.6 is 0 Å². The molecule has 0 bridgehead atoms. The highest BCUT2D eigenvalue weighted by molar-refractivity contribution is 6.08. The molecule has 2 aliphatic heterocycles. The van der Waals surface area contributed by atoms with Gasteiger partial charge in [0.25, 0.3) is 0 Å². The van der Waals surface area contributed by atoms with Crippen molar-refractivity contribution in [3.05, 3.63) is 70.3 Å². The number of phenolic OH excluding ortho intramolecular Hbond substituents is 14. The van der Waals surface area contributed by atoms with Crippen LogP contribution < -0.4 is 4.74 Å². The molecule has 0 saturated carbocycles. The van der Waals surface area contributed by atoms with Gasteiger partial charge in [-0.3, -0.25) is 0 Å². The number of cyclic esters (lactones) is 1. The Morgan fingerprint density at radius 2 is 1.01 bits per heavy atom. The Kier molecular flexibility index (Phi) is 11.6. The average Bonchev–Trinajstić information content (AvgIpc) is 3.30. The molecule has 5 aromatic rings. The van der Waals surface area contributed by atoms with Gasteiger partial charge in [-0.1, -0.05) is 0 Å². The fourth-order valence-electron chi connectivity index (χ4n) is 6.82. The number of ether oxygens (including phenoxy) is 6. The van der Waals surface area contributed by atoms with Crippen molar-refractivity contribution in [3.63, 3.8) is 0 Å². The summed E-state index contributed by atoms with van der Waals surface area (Å²) < 4.78 is 32.6. The summed E-state index contributed by atoms with van der Waals surface area (Å²) in [6.45, 7) is -1.24. The lowest BCUT2D eigenvalue weighted by molar-refractivity contribution is -0.283. The molecule has 0 spiro atoms. The molecule has 0 amide bonds. The van der Waals surface area contributed by atoms with E-state index in [9.17, 15) is 106 Å². The summed E-state index contributed by atoms with van der Waals surface area (Å²) in [5.41, 5.74) is -7.19. The van der Waals surface area contributed by atoms with Crippen LogP contribution in [0.4, 0.5) is 0 Å². The Hall–Kier alpha value is -9.63. The van der Waals surface area contributed by atoms with E-state index in [4.69, 9.17) is 28.4 Å². The van der Waals surface area contributed by atoms with E-state index >= 15 is 0 Å². The minimum absolute atomic E-state index is 0.373. The fraction of sp³-hybridized carbons (Fsp3) is 0.146. The Bertz CT molecular complexity index is 2950. The second-order valence-electron chi connectivity index (χ2n) is 14.4. The molecule has 5 aromatic carbocycles. The molecule has 1 fully saturated rings. The van der Waals surface area contributed by atoms with Gasteiger partial charge in [-0.15, -0.1) is 0 Å². The Morgan fingerprint density at radius 1 is 0.544 bits per heavy atom. The number of hydrogen-bond donors (Lipinski definition) is 16. The van der Waals surface area contributed by atoms with Crippen LogP contribution in [0.1, 0.15) is 51.8 Å². The lowest BCUT2D eigenvalue weighted by atomic mass is 9.91. The molecule has 0 aromatic heterocycles. The lowest BCUT2D eigenvalue weighted by Crippen LogP contribution is -2.62. The van der Waals surface area contributed by atoms with Gasteiger partial charge in [0.05, 0.1) is 22.3 Å². The van der Waals surface area contributed by atoms with Crippen LogP contribution in [0.15, 0.2) is 42.5 Å². The second kappa shape index (κ2) is 17.1. The maximum Gasteiger partial charge on any atom is 0.340 e. The maximum absolute atomic E-state index is 14.6. The zero-order valence-corrected chi connectivity index (χ0v) is 33.3. The van der Waals surface area contributed by atoms with Gasteiger partial charge in [-0.05, 0) is 30.3 Å². The first-order valence-electron chi connectivity index (χ1n) is 18.6. The summed E-state index contributed by atoms with van der Waals surface area (Å²) in [4.78, 5) is 67.5. The number of benzene rings is 5. The lowest BCUT2D eigenvalue weighted by Gasteiger charge is -2.42. The molecule has 27 heteroatoms. The van der Waals surface area contributed by atoms with Crippen molar-refractivity contribution < 1.29 is 134 Å². The molecule has 2 heterocycles. The number of rotatable bonds is 7. The van der Waals surface area contributed by atoms with E-state index in [-0.39, 0.29) is 0 Å². The quantitative estimate of drug-likeness (QED) is 0.0625. The van der Waals surface area contributed by atoms with E-state index in [0.29, 0.717) is 42.5 Å². The Balaban J connectivity index is 1.41. The van der Waals surface area contributed by atoms with Crippen LogP contribution in [-0.4, -0.2) is 149 Å². The van der Waals surface area contributed by atoms with Crippen LogP contribution in [0, 0.1) is 0 Å². The number of phenols is 14. The minimum atomic E-state index is -2.56. The van der Waals surface area contributed by atoms with Crippen LogP contribution in [-0.2, 0) is 23.7 Å². The SMILES string of the molecule is O=C(O[C@H]1O[C@@H]2COC(=O)c3cc(O)c(O)c(O)c3-c3c(cc(Oc4c(C(=O)O)cc(O)c(O)c4O)c(O)c3O)C(=O)O[C@H]2[C@H](OC(=O)c2cc(O)c(O)c(O)c2)[C@H]1O)c1cc(O)c(O)c(O)c1. The summed E-state index contributed by atoms with van der Waals surface area (Å²) in [6.07, 6.45) is -11.9. The van der Waals surface area contributed by atoms with E-state index in [2.05, 4.69) is 0 Å². The molecule has 68 heavy (non-hydrogen) atoms. The summed E-state index contributed by atoms with van der Waals surface area (Å²) in [7, 11) is 0. The van der Waals surface area contributed by atoms with Gasteiger partial charge in [0.15, 0.2) is 87.3 Å². The Morgan fingerprint density at radius 3 is 1.56 bits per heavy atom. The van der Waals surface area contributed by atoms with Gasteiger partial charge in [0.2, 0.25) is 29.3 Å². The van der Waals surface area contributed by atoms with Gasteiger partial charge in [0, 0.05) is 23.3 Å². The predicted molar refractivity (Wildman–Crippen MR) is 210 cm³/mol. The van der Waals surface area contributed by atoms with E-state index in [1.54, 1.807) is 0 Å². The van der Waals surface area contributed by atoms with Gasteiger partial charge < -0.3 is 110 Å². The summed E-state index contributed by atoms with van der Waals surface area (Å²) in [5, 5.41) is 167. The van der Waals surface area contributed by atoms with Crippen molar-refractivity contribution in [1.82, 2.24) is 0 Å². The van der Waals surface area contributed by atoms with E-state index < -0.39 is 198 Å². The van der Waals surface area contributed by atoms with Gasteiger partial charge in [-0.25, -0.2) is 24.0 Å². The molecule has 0 aliphatic carbocycles. The number of carboxylic acids is 1. The molecule has 5 atom stereocenters.